The van der Waals surface area contributed by atoms with Gasteiger partial charge >= 0.3 is 0 Å². The molecule has 1 atom stereocenters. The van der Waals surface area contributed by atoms with Crippen molar-refractivity contribution in [2.24, 2.45) is 0 Å². The summed E-state index contributed by atoms with van der Waals surface area (Å²) >= 11 is 1.42. The number of hydrogen-bond acceptors (Lipinski definition) is 5. The van der Waals surface area contributed by atoms with E-state index in [1.54, 1.807) is 29.2 Å². The Morgan fingerprint density at radius 1 is 0.903 bits per heavy atom. The van der Waals surface area contributed by atoms with E-state index in [9.17, 15) is 9.59 Å². The van der Waals surface area contributed by atoms with Crippen LogP contribution in [0.25, 0.3) is 0 Å². The number of hydroxylamine groups is 1. The third-order valence-corrected chi connectivity index (χ3v) is 5.91. The lowest BCUT2D eigenvalue weighted by atomic mass is 10.2. The van der Waals surface area contributed by atoms with Crippen LogP contribution in [0, 0.1) is 0 Å². The van der Waals surface area contributed by atoms with E-state index in [0.29, 0.717) is 23.6 Å². The number of hydrogen-bond donors (Lipinski definition) is 1. The van der Waals surface area contributed by atoms with Gasteiger partial charge in [0.2, 0.25) is 0 Å². The van der Waals surface area contributed by atoms with E-state index in [1.165, 1.54) is 11.8 Å². The lowest BCUT2D eigenvalue weighted by Gasteiger charge is -2.23. The van der Waals surface area contributed by atoms with Crippen LogP contribution in [0.4, 0.5) is 0 Å². The predicted octanol–water partition coefficient (Wildman–Crippen LogP) is 4.24. The number of nitrogens with zero attached hydrogens (tertiary/aromatic N) is 1. The van der Waals surface area contributed by atoms with Crippen molar-refractivity contribution in [3.8, 4) is 11.5 Å². The van der Waals surface area contributed by atoms with Crippen molar-refractivity contribution >= 4 is 23.6 Å². The largest absolute Gasteiger partial charge is 0.457 e. The summed E-state index contributed by atoms with van der Waals surface area (Å²) in [5.74, 6) is 1.53. The van der Waals surface area contributed by atoms with E-state index in [0.717, 1.165) is 11.3 Å². The molecule has 1 unspecified atom stereocenters. The van der Waals surface area contributed by atoms with Crippen LogP contribution in [0.2, 0.25) is 0 Å². The highest BCUT2D eigenvalue weighted by Gasteiger charge is 2.35. The normalized spacial score (nSPS) is 15.5. The van der Waals surface area contributed by atoms with Gasteiger partial charge in [0.15, 0.2) is 5.37 Å². The highest BCUT2D eigenvalue weighted by molar-refractivity contribution is 8.00. The highest BCUT2D eigenvalue weighted by Crippen LogP contribution is 2.27. The third-order valence-electron chi connectivity index (χ3n) is 4.71. The van der Waals surface area contributed by atoms with Gasteiger partial charge in [-0.3, -0.25) is 14.4 Å². The van der Waals surface area contributed by atoms with Crippen molar-refractivity contribution in [2.45, 2.75) is 12.0 Å². The number of para-hydroxylation sites is 1. The predicted molar refractivity (Wildman–Crippen MR) is 120 cm³/mol. The number of benzene rings is 3. The molecule has 1 N–H and O–H groups in total. The van der Waals surface area contributed by atoms with Crippen molar-refractivity contribution < 1.29 is 19.2 Å². The summed E-state index contributed by atoms with van der Waals surface area (Å²) in [7, 11) is 0. The number of ether oxygens (including phenoxy) is 1. The highest BCUT2D eigenvalue weighted by atomic mass is 32.2. The average molecular weight is 435 g/mol. The summed E-state index contributed by atoms with van der Waals surface area (Å²) in [6.45, 7) is 0.767. The molecule has 1 aliphatic rings. The summed E-state index contributed by atoms with van der Waals surface area (Å²) in [5, 5.41) is -0.622. The number of carbonyl (C=O) groups excluding carboxylic acids is 2. The number of nitrogens with one attached hydrogen (secondary N) is 1. The molecular weight excluding hydrogens is 412 g/mol. The van der Waals surface area contributed by atoms with Gasteiger partial charge in [-0.2, -0.15) is 0 Å². The minimum absolute atomic E-state index is 0.195. The minimum Gasteiger partial charge on any atom is -0.457 e. The fourth-order valence-electron chi connectivity index (χ4n) is 3.17. The van der Waals surface area contributed by atoms with Crippen LogP contribution in [0.15, 0.2) is 84.9 Å². The first-order valence-corrected chi connectivity index (χ1v) is 11.0. The molecule has 0 aromatic heterocycles. The van der Waals surface area contributed by atoms with E-state index in [1.807, 2.05) is 60.7 Å². The first kappa shape index (κ1) is 21.0. The zero-order valence-electron chi connectivity index (χ0n) is 16.8. The topological polar surface area (TPSA) is 67.9 Å². The lowest BCUT2D eigenvalue weighted by molar-refractivity contribution is -0.136. The molecule has 1 aliphatic heterocycles. The number of carbonyl (C=O) groups is 2. The molecule has 1 heterocycles. The van der Waals surface area contributed by atoms with Crippen LogP contribution in [-0.4, -0.2) is 34.4 Å². The molecule has 0 radical (unpaired) electrons. The van der Waals surface area contributed by atoms with Crippen molar-refractivity contribution in [3.05, 3.63) is 96.1 Å². The Hall–Kier alpha value is -3.29. The van der Waals surface area contributed by atoms with Gasteiger partial charge in [0.05, 0.1) is 6.61 Å². The van der Waals surface area contributed by atoms with Crippen LogP contribution in [0.5, 0.6) is 11.5 Å². The molecule has 0 saturated carbocycles. The van der Waals surface area contributed by atoms with Crippen LogP contribution >= 0.6 is 11.8 Å². The summed E-state index contributed by atoms with van der Waals surface area (Å²) < 4.78 is 5.77. The second-order valence-electron chi connectivity index (χ2n) is 6.90. The number of thioether (sulfide) groups is 1. The second-order valence-corrected chi connectivity index (χ2v) is 8.09. The fraction of sp³-hybridized carbons (Fsp3) is 0.167. The molecule has 6 nitrogen and oxygen atoms in total. The van der Waals surface area contributed by atoms with Crippen molar-refractivity contribution in [1.82, 2.24) is 10.4 Å². The molecule has 4 rings (SSSR count). The molecule has 2 amide bonds. The Labute approximate surface area is 185 Å². The molecule has 31 heavy (non-hydrogen) atoms. The maximum absolute atomic E-state index is 13.0. The first-order chi connectivity index (χ1) is 15.2. The van der Waals surface area contributed by atoms with Gasteiger partial charge in [-0.15, -0.1) is 11.8 Å². The second kappa shape index (κ2) is 10.1. The van der Waals surface area contributed by atoms with Crippen LogP contribution in [0.3, 0.4) is 0 Å². The SMILES string of the molecule is O=C(NOCc1ccccc1)C1SCCN1C(=O)c1ccc(Oc2ccccc2)cc1. The van der Waals surface area contributed by atoms with Crippen LogP contribution in [-0.2, 0) is 16.2 Å². The molecule has 3 aromatic carbocycles. The molecule has 0 spiro atoms. The van der Waals surface area contributed by atoms with E-state index in [-0.39, 0.29) is 18.4 Å². The monoisotopic (exact) mass is 434 g/mol. The fourth-order valence-corrected chi connectivity index (χ4v) is 4.27. The Morgan fingerprint density at radius 3 is 2.26 bits per heavy atom. The summed E-state index contributed by atoms with van der Waals surface area (Å²) in [4.78, 5) is 32.4. The van der Waals surface area contributed by atoms with Gasteiger partial charge in [-0.1, -0.05) is 48.5 Å². The quantitative estimate of drug-likeness (QED) is 0.564. The zero-order chi connectivity index (χ0) is 21.5. The van der Waals surface area contributed by atoms with E-state index in [2.05, 4.69) is 5.48 Å². The van der Waals surface area contributed by atoms with Crippen LogP contribution in [0.1, 0.15) is 15.9 Å². The number of amides is 2. The molecule has 1 fully saturated rings. The molecule has 3 aromatic rings. The van der Waals surface area contributed by atoms with Crippen molar-refractivity contribution in [2.75, 3.05) is 12.3 Å². The zero-order valence-corrected chi connectivity index (χ0v) is 17.6. The Balaban J connectivity index is 1.34. The smallest absolute Gasteiger partial charge is 0.276 e. The van der Waals surface area contributed by atoms with E-state index >= 15 is 0 Å². The maximum atomic E-state index is 13.0. The Morgan fingerprint density at radius 2 is 1.55 bits per heavy atom. The molecule has 7 heteroatoms. The van der Waals surface area contributed by atoms with Crippen LogP contribution < -0.4 is 10.2 Å². The van der Waals surface area contributed by atoms with Crippen molar-refractivity contribution in [1.29, 1.82) is 0 Å². The van der Waals surface area contributed by atoms with Gasteiger partial charge in [0, 0.05) is 17.9 Å². The molecule has 0 aliphatic carbocycles. The Kier molecular flexibility index (Phi) is 6.86. The first-order valence-electron chi connectivity index (χ1n) is 9.92. The molecule has 0 bridgehead atoms. The average Bonchev–Trinajstić information content (AvgIpc) is 3.31. The van der Waals surface area contributed by atoms with Gasteiger partial charge in [0.25, 0.3) is 11.8 Å². The van der Waals surface area contributed by atoms with Crippen molar-refractivity contribution in [3.63, 3.8) is 0 Å². The maximum Gasteiger partial charge on any atom is 0.276 e. The minimum atomic E-state index is -0.622. The number of rotatable bonds is 7. The Bertz CT molecular complexity index is 1010. The van der Waals surface area contributed by atoms with Gasteiger partial charge in [-0.05, 0) is 42.0 Å². The lowest BCUT2D eigenvalue weighted by Crippen LogP contribution is -2.44. The molecule has 1 saturated heterocycles. The summed E-state index contributed by atoms with van der Waals surface area (Å²) in [6.07, 6.45) is 0. The summed E-state index contributed by atoms with van der Waals surface area (Å²) in [6, 6.07) is 25.9. The van der Waals surface area contributed by atoms with Gasteiger partial charge in [-0.25, -0.2) is 5.48 Å². The van der Waals surface area contributed by atoms with E-state index < -0.39 is 5.37 Å². The molecular formula is C24H22N2O4S. The summed E-state index contributed by atoms with van der Waals surface area (Å²) in [5.41, 5.74) is 3.93. The standard InChI is InChI=1S/C24H22N2O4S/c27-22(25-29-17-18-7-3-1-4-8-18)24-26(15-16-31-24)23(28)19-11-13-21(14-12-19)30-20-9-5-2-6-10-20/h1-14,24H,15-17H2,(H,25,27). The third kappa shape index (κ3) is 5.45. The molecule has 158 valence electrons. The van der Waals surface area contributed by atoms with Gasteiger partial charge in [0.1, 0.15) is 11.5 Å². The van der Waals surface area contributed by atoms with E-state index in [4.69, 9.17) is 9.57 Å². The van der Waals surface area contributed by atoms with Gasteiger partial charge < -0.3 is 9.64 Å².